The molecular formula is CH4B88. The van der Waals surface area contributed by atoms with Crippen LogP contribution in [0.1, 0.15) is 0 Å². The second-order valence-corrected chi connectivity index (χ2v) is 16.9. The van der Waals surface area contributed by atoms with E-state index < -0.39 is 0 Å². The van der Waals surface area contributed by atoms with Crippen LogP contribution in [0, 0.1) is 0 Å². The molecule has 0 N–H and O–H groups in total. The van der Waals surface area contributed by atoms with Crippen molar-refractivity contribution >= 4 is 590 Å². The van der Waals surface area contributed by atoms with Gasteiger partial charge >= 0.3 is 597 Å². The molecule has 0 aliphatic rings. The summed E-state index contributed by atoms with van der Waals surface area (Å²) in [4.78, 5) is 0. The SMILES string of the molecule is B=BB=BB=BB=BB=BB=BB=BB=BB=BB=BB=BB=BB=BB=BB=BB=BB=BB=BB=BB=BB=BB=BB=BB=BB=BB=BB=BB=BB=BB=BB=BB=BB=BB=BB=BB=BB=BB=BB=BB=BB=BB=BB=BB=BC. The molecular weight excluding hydrogens is 963 g/mol. The molecule has 0 radical (unpaired) electrons. The van der Waals surface area contributed by atoms with Gasteiger partial charge in [-0.1, -0.05) is 0 Å². The van der Waals surface area contributed by atoms with Gasteiger partial charge in [0.15, 0.2) is 0 Å². The molecule has 0 unspecified atom stereocenters. The molecule has 0 bridgehead atoms. The van der Waals surface area contributed by atoms with Crippen molar-refractivity contribution in [1.29, 1.82) is 0 Å². The Kier molecular flexibility index (Phi) is 99.7. The standard InChI is InChI=1S/CH4B88/c1-3-5-7-9-11-13-15-17-19-21-23-25-27-29-31-33-35-37-39-41-43-45-47-49-51-53-55-57-59-61-63-65-67-69-71-73-75-77-79-81-83-85-87-89-88-86-84-82-80-78-76-74-72-70-68-66-64-62-60-58-56-54-52-50-48-46-44-42-40-38-36-34-32-30-28-26-24-22-20-18-16-14-12-10-8-6-4-2/h2H,1H3. The van der Waals surface area contributed by atoms with Crippen molar-refractivity contribution < 1.29 is 0 Å². The average Bonchev–Trinajstić information content (AvgIpc) is 3.54. The van der Waals surface area contributed by atoms with E-state index in [-0.39, 0.29) is 0 Å². The molecule has 0 aliphatic carbocycles. The molecule has 89 heavy (non-hydrogen) atoms. The minimum atomic E-state index is 1.75. The molecule has 0 nitrogen and oxygen atoms in total. The van der Waals surface area contributed by atoms with E-state index in [1.807, 2.05) is 582 Å². The van der Waals surface area contributed by atoms with Crippen molar-refractivity contribution in [3.05, 3.63) is 0 Å². The molecule has 0 aromatic rings. The Balaban J connectivity index is 4.11. The van der Waals surface area contributed by atoms with Crippen molar-refractivity contribution in [2.45, 2.75) is 6.82 Å². The van der Waals surface area contributed by atoms with E-state index in [4.69, 9.17) is 0 Å². The van der Waals surface area contributed by atoms with Crippen LogP contribution in [0.5, 0.6) is 0 Å². The first-order valence-corrected chi connectivity index (χ1v) is 29.7. The van der Waals surface area contributed by atoms with E-state index in [1.165, 1.54) is 0 Å². The Morgan fingerprint density at radius 2 is 0.146 bits per heavy atom. The molecule has 0 fully saturated rings. The first kappa shape index (κ1) is 94.7. The molecule has 0 saturated heterocycles. The first-order valence-electron chi connectivity index (χ1n) is 29.7. The molecule has 0 rings (SSSR count). The van der Waals surface area contributed by atoms with Crippen LogP contribution in [0.4, 0.5) is 0 Å². The summed E-state index contributed by atoms with van der Waals surface area (Å²) in [7, 11) is 3.63. The van der Waals surface area contributed by atoms with E-state index in [0.717, 1.165) is 0 Å². The fourth-order valence-electron chi connectivity index (χ4n) is 5.51. The monoisotopic (exact) mass is 985 g/mol. The zero-order valence-corrected chi connectivity index (χ0v) is 51.9. The van der Waals surface area contributed by atoms with Crippen molar-refractivity contribution in [3.63, 3.8) is 0 Å². The van der Waals surface area contributed by atoms with Crippen LogP contribution in [0.25, 0.3) is 0 Å². The Bertz CT molecular complexity index is 3220. The van der Waals surface area contributed by atoms with E-state index in [2.05, 4.69) is 7.37 Å². The van der Waals surface area contributed by atoms with Crippen LogP contribution in [0.15, 0.2) is 0 Å². The third kappa shape index (κ3) is 93.7. The molecule has 272 valence electrons. The van der Waals surface area contributed by atoms with Crippen LogP contribution in [-0.4, -0.2) is 590 Å². The van der Waals surface area contributed by atoms with Crippen molar-refractivity contribution in [2.75, 3.05) is 0 Å². The van der Waals surface area contributed by atoms with E-state index >= 15 is 0 Å². The number of hydrogen-bond acceptors (Lipinski definition) is 0. The average molecular weight is 967 g/mol. The van der Waals surface area contributed by atoms with Crippen LogP contribution >= 0.6 is 0 Å². The van der Waals surface area contributed by atoms with Crippen LogP contribution in [0.2, 0.25) is 6.82 Å². The van der Waals surface area contributed by atoms with E-state index in [0.29, 0.717) is 0 Å². The summed E-state index contributed by atoms with van der Waals surface area (Å²) in [6, 6.07) is 0. The van der Waals surface area contributed by atoms with E-state index in [1.54, 1.807) is 6.69 Å². The second-order valence-electron chi connectivity index (χ2n) is 16.9. The van der Waals surface area contributed by atoms with Gasteiger partial charge < -0.3 is 0 Å². The minimum absolute atomic E-state index is 1.75. The number of hydrogen-bond donors (Lipinski definition) is 0. The summed E-state index contributed by atoms with van der Waals surface area (Å²) in [5, 5.41) is 0. The Hall–Kier alpha value is 5.71. The third-order valence-electron chi connectivity index (χ3n) is 9.66. The maximum absolute atomic E-state index is 3.63. The normalized spacial score (nSPS) is 7.82. The van der Waals surface area contributed by atoms with Gasteiger partial charge in [-0.25, -0.2) is 0 Å². The van der Waals surface area contributed by atoms with Crippen molar-refractivity contribution in [2.24, 2.45) is 0 Å². The van der Waals surface area contributed by atoms with Crippen LogP contribution in [-0.2, 0) is 0 Å². The van der Waals surface area contributed by atoms with Crippen molar-refractivity contribution in [3.8, 4) is 0 Å². The predicted octanol–water partition coefficient (Wildman–Crippen LogP) is -33.2. The van der Waals surface area contributed by atoms with Gasteiger partial charge in [0.05, 0.1) is 0 Å². The van der Waals surface area contributed by atoms with Crippen LogP contribution in [0.3, 0.4) is 0 Å². The summed E-state index contributed by atoms with van der Waals surface area (Å²) < 4.78 is 0. The van der Waals surface area contributed by atoms with Gasteiger partial charge in [0, 0.05) is 0 Å². The summed E-state index contributed by atoms with van der Waals surface area (Å²) in [6.07, 6.45) is 0. The Morgan fingerprint density at radius 3 is 0.202 bits per heavy atom. The summed E-state index contributed by atoms with van der Waals surface area (Å²) in [5.41, 5.74) is 0. The zero-order chi connectivity index (χ0) is 63.5. The number of rotatable bonds is 43. The fourth-order valence-corrected chi connectivity index (χ4v) is 5.51. The van der Waals surface area contributed by atoms with Gasteiger partial charge in [0.25, 0.3) is 0 Å². The summed E-state index contributed by atoms with van der Waals surface area (Å²) in [6.45, 7) is 175. The quantitative estimate of drug-likeness (QED) is 0.0534. The topological polar surface area (TPSA) is 0 Å². The van der Waals surface area contributed by atoms with Gasteiger partial charge in [-0.3, -0.25) is 0 Å². The molecule has 0 spiro atoms. The van der Waals surface area contributed by atoms with Crippen LogP contribution < -0.4 is 0 Å². The van der Waals surface area contributed by atoms with Gasteiger partial charge in [0.2, 0.25) is 0 Å². The summed E-state index contributed by atoms with van der Waals surface area (Å²) >= 11 is 0. The molecule has 0 aromatic carbocycles. The summed E-state index contributed by atoms with van der Waals surface area (Å²) in [5.74, 6) is 0. The van der Waals surface area contributed by atoms with Crippen molar-refractivity contribution in [1.82, 2.24) is 0 Å². The van der Waals surface area contributed by atoms with Gasteiger partial charge in [0.1, 0.15) is 0 Å². The molecule has 0 aromatic heterocycles. The second kappa shape index (κ2) is 93.7. The molecule has 0 atom stereocenters. The fraction of sp³-hybridized carbons (Fsp3) is 1.00. The molecule has 0 heterocycles. The third-order valence-corrected chi connectivity index (χ3v) is 9.66. The Morgan fingerprint density at radius 1 is 0.0899 bits per heavy atom. The van der Waals surface area contributed by atoms with Gasteiger partial charge in [-0.2, -0.15) is 0 Å². The predicted molar refractivity (Wildman–Crippen MR) is 514 cm³/mol. The molecule has 88 heteroatoms. The molecule has 0 amide bonds. The Labute approximate surface area is 590 Å². The van der Waals surface area contributed by atoms with Gasteiger partial charge in [-0.15, -0.1) is 0 Å². The maximum atomic E-state index is 3.63. The first-order chi connectivity index (χ1) is 44.4. The zero-order valence-electron chi connectivity index (χ0n) is 51.9. The molecule has 0 saturated carbocycles. The van der Waals surface area contributed by atoms with Gasteiger partial charge in [-0.05, 0) is 0 Å². The molecule has 0 aliphatic heterocycles. The van der Waals surface area contributed by atoms with E-state index in [9.17, 15) is 0 Å².